The zero-order valence-corrected chi connectivity index (χ0v) is 18.1. The first kappa shape index (κ1) is 21.0. The number of anilines is 1. The Kier molecular flexibility index (Phi) is 7.20. The smallest absolute Gasteiger partial charge is 0.225 e. The zero-order valence-electron chi connectivity index (χ0n) is 17.3. The van der Waals surface area contributed by atoms with Crippen molar-refractivity contribution in [1.82, 2.24) is 0 Å². The van der Waals surface area contributed by atoms with E-state index in [1.54, 1.807) is 0 Å². The number of benzene rings is 4. The lowest BCUT2D eigenvalue weighted by Gasteiger charge is -2.18. The van der Waals surface area contributed by atoms with Crippen LogP contribution in [0.15, 0.2) is 120 Å². The van der Waals surface area contributed by atoms with Crippen molar-refractivity contribution in [3.8, 4) is 0 Å². The highest BCUT2D eigenvalue weighted by molar-refractivity contribution is 7.98. The van der Waals surface area contributed by atoms with Gasteiger partial charge in [0, 0.05) is 28.7 Å². The third-order valence-corrected chi connectivity index (χ3v) is 6.26. The monoisotopic (exact) mass is 423 g/mol. The molecule has 4 aromatic rings. The summed E-state index contributed by atoms with van der Waals surface area (Å²) in [4.78, 5) is 14.1. The number of hydrogen-bond donors (Lipinski definition) is 1. The lowest BCUT2D eigenvalue weighted by Crippen LogP contribution is -2.16. The van der Waals surface area contributed by atoms with E-state index in [1.165, 1.54) is 10.5 Å². The molecule has 0 spiro atoms. The summed E-state index contributed by atoms with van der Waals surface area (Å²) in [5, 5.41) is 3.07. The van der Waals surface area contributed by atoms with Crippen LogP contribution in [0.3, 0.4) is 0 Å². The molecule has 4 aromatic carbocycles. The van der Waals surface area contributed by atoms with E-state index < -0.39 is 0 Å². The number of carbonyl (C=O) groups is 1. The van der Waals surface area contributed by atoms with Crippen molar-refractivity contribution >= 4 is 23.4 Å². The van der Waals surface area contributed by atoms with Crippen molar-refractivity contribution in [2.24, 2.45) is 0 Å². The predicted molar refractivity (Wildman–Crippen MR) is 130 cm³/mol. The van der Waals surface area contributed by atoms with Gasteiger partial charge >= 0.3 is 0 Å². The second-order valence-electron chi connectivity index (χ2n) is 7.42. The lowest BCUT2D eigenvalue weighted by molar-refractivity contribution is -0.116. The minimum atomic E-state index is 0.0177. The number of nitrogens with one attached hydrogen (secondary N) is 1. The number of rotatable bonds is 8. The van der Waals surface area contributed by atoms with E-state index in [9.17, 15) is 4.79 Å². The molecule has 0 aromatic heterocycles. The number of thioether (sulfide) groups is 1. The molecule has 1 amide bonds. The van der Waals surface area contributed by atoms with Crippen LogP contribution in [0.5, 0.6) is 0 Å². The van der Waals surface area contributed by atoms with Crippen LogP contribution < -0.4 is 5.32 Å². The summed E-state index contributed by atoms with van der Waals surface area (Å²) in [6, 6.07) is 39.0. The maximum atomic E-state index is 12.8. The van der Waals surface area contributed by atoms with E-state index in [2.05, 4.69) is 66.0 Å². The Labute approximate surface area is 188 Å². The van der Waals surface area contributed by atoms with Crippen LogP contribution in [0.1, 0.15) is 29.0 Å². The van der Waals surface area contributed by atoms with Crippen LogP contribution in [0.2, 0.25) is 0 Å². The Morgan fingerprint density at radius 2 is 1.19 bits per heavy atom. The Morgan fingerprint density at radius 3 is 1.74 bits per heavy atom. The topological polar surface area (TPSA) is 29.1 Å². The van der Waals surface area contributed by atoms with E-state index in [1.807, 2.05) is 66.4 Å². The van der Waals surface area contributed by atoms with E-state index in [-0.39, 0.29) is 11.8 Å². The Balaban J connectivity index is 1.39. The van der Waals surface area contributed by atoms with Crippen molar-refractivity contribution in [3.05, 3.63) is 132 Å². The van der Waals surface area contributed by atoms with Gasteiger partial charge in [-0.2, -0.15) is 0 Å². The molecule has 0 unspecified atom stereocenters. The van der Waals surface area contributed by atoms with E-state index in [4.69, 9.17) is 0 Å². The van der Waals surface area contributed by atoms with E-state index in [0.29, 0.717) is 6.42 Å². The van der Waals surface area contributed by atoms with Crippen LogP contribution in [-0.4, -0.2) is 5.91 Å². The largest absolute Gasteiger partial charge is 0.326 e. The molecule has 31 heavy (non-hydrogen) atoms. The highest BCUT2D eigenvalue weighted by Gasteiger charge is 2.18. The van der Waals surface area contributed by atoms with Gasteiger partial charge in [0.15, 0.2) is 0 Å². The molecule has 0 radical (unpaired) electrons. The molecule has 0 atom stereocenters. The predicted octanol–water partition coefficient (Wildman–Crippen LogP) is 7.14. The first-order valence-corrected chi connectivity index (χ1v) is 11.4. The molecular formula is C28H25NOS. The molecule has 0 fully saturated rings. The fourth-order valence-corrected chi connectivity index (χ4v) is 4.44. The first-order valence-electron chi connectivity index (χ1n) is 10.4. The number of amides is 1. The van der Waals surface area contributed by atoms with E-state index in [0.717, 1.165) is 22.6 Å². The van der Waals surface area contributed by atoms with Gasteiger partial charge in [0.2, 0.25) is 5.91 Å². The minimum Gasteiger partial charge on any atom is -0.326 e. The molecule has 0 saturated heterocycles. The van der Waals surface area contributed by atoms with Gasteiger partial charge in [-0.05, 0) is 41.0 Å². The quantitative estimate of drug-likeness (QED) is 0.305. The van der Waals surface area contributed by atoms with Crippen molar-refractivity contribution < 1.29 is 4.79 Å². The highest BCUT2D eigenvalue weighted by atomic mass is 32.2. The maximum Gasteiger partial charge on any atom is 0.225 e. The van der Waals surface area contributed by atoms with Gasteiger partial charge in [0.25, 0.3) is 0 Å². The average molecular weight is 424 g/mol. The highest BCUT2D eigenvalue weighted by Crippen LogP contribution is 2.28. The number of hydrogen-bond acceptors (Lipinski definition) is 2. The third kappa shape index (κ3) is 6.09. The minimum absolute atomic E-state index is 0.0177. The van der Waals surface area contributed by atoms with Gasteiger partial charge in [-0.25, -0.2) is 0 Å². The molecule has 0 saturated carbocycles. The summed E-state index contributed by atoms with van der Waals surface area (Å²) in [7, 11) is 0. The Hall–Kier alpha value is -3.30. The third-order valence-electron chi connectivity index (χ3n) is 5.18. The molecule has 154 valence electrons. The molecule has 4 rings (SSSR count). The lowest BCUT2D eigenvalue weighted by atomic mass is 9.88. The molecule has 1 N–H and O–H groups in total. The van der Waals surface area contributed by atoms with Gasteiger partial charge in [0.05, 0.1) is 0 Å². The Morgan fingerprint density at radius 1 is 0.677 bits per heavy atom. The normalized spacial score (nSPS) is 10.7. The summed E-state index contributed by atoms with van der Waals surface area (Å²) in [6.07, 6.45) is 0.402. The van der Waals surface area contributed by atoms with Gasteiger partial charge in [0.1, 0.15) is 0 Å². The fourth-order valence-electron chi connectivity index (χ4n) is 3.56. The molecule has 2 nitrogen and oxygen atoms in total. The van der Waals surface area contributed by atoms with Gasteiger partial charge in [-0.1, -0.05) is 91.0 Å². The second kappa shape index (κ2) is 10.6. The maximum absolute atomic E-state index is 12.8. The van der Waals surface area contributed by atoms with Crippen molar-refractivity contribution in [1.29, 1.82) is 0 Å². The summed E-state index contributed by atoms with van der Waals surface area (Å²) in [5.41, 5.74) is 4.37. The zero-order chi connectivity index (χ0) is 21.3. The van der Waals surface area contributed by atoms with Crippen LogP contribution in [0.4, 0.5) is 5.69 Å². The number of carbonyl (C=O) groups excluding carboxylic acids is 1. The fraction of sp³-hybridized carbons (Fsp3) is 0.107. The molecule has 0 aliphatic carbocycles. The van der Waals surface area contributed by atoms with Crippen molar-refractivity contribution in [2.75, 3.05) is 5.32 Å². The Bertz CT molecular complexity index is 1040. The van der Waals surface area contributed by atoms with Crippen LogP contribution in [-0.2, 0) is 10.5 Å². The molecule has 0 heterocycles. The van der Waals surface area contributed by atoms with Crippen molar-refractivity contribution in [3.63, 3.8) is 0 Å². The molecular weight excluding hydrogens is 398 g/mol. The standard InChI is InChI=1S/C28H25NOS/c30-28(20-27(23-10-4-1-5-11-23)24-12-6-2-7-13-24)29-25-18-16-22(17-19-25)21-31-26-14-8-3-9-15-26/h1-19,27H,20-21H2,(H,29,30). The van der Waals surface area contributed by atoms with Crippen molar-refractivity contribution in [2.45, 2.75) is 23.0 Å². The SMILES string of the molecule is O=C(CC(c1ccccc1)c1ccccc1)Nc1ccc(CSc2ccccc2)cc1. The second-order valence-corrected chi connectivity index (χ2v) is 8.47. The summed E-state index contributed by atoms with van der Waals surface area (Å²) in [6.45, 7) is 0. The summed E-state index contributed by atoms with van der Waals surface area (Å²) in [5.74, 6) is 0.954. The summed E-state index contributed by atoms with van der Waals surface area (Å²) < 4.78 is 0. The van der Waals surface area contributed by atoms with Crippen LogP contribution >= 0.6 is 11.8 Å². The molecule has 0 aliphatic rings. The van der Waals surface area contributed by atoms with Gasteiger partial charge < -0.3 is 5.32 Å². The van der Waals surface area contributed by atoms with Crippen LogP contribution in [0, 0.1) is 0 Å². The van der Waals surface area contributed by atoms with Gasteiger partial charge in [-0.15, -0.1) is 11.8 Å². The molecule has 0 aliphatic heterocycles. The molecule has 0 bridgehead atoms. The first-order chi connectivity index (χ1) is 15.3. The molecule has 3 heteroatoms. The summed E-state index contributed by atoms with van der Waals surface area (Å²) >= 11 is 1.81. The average Bonchev–Trinajstić information content (AvgIpc) is 2.84. The van der Waals surface area contributed by atoms with E-state index >= 15 is 0 Å². The van der Waals surface area contributed by atoms with Gasteiger partial charge in [-0.3, -0.25) is 4.79 Å². The van der Waals surface area contributed by atoms with Crippen LogP contribution in [0.25, 0.3) is 0 Å².